The summed E-state index contributed by atoms with van der Waals surface area (Å²) in [5, 5.41) is 12.2. The molecule has 2 atom stereocenters. The average Bonchev–Trinajstić information content (AvgIpc) is 3.05. The number of nitrogens with zero attached hydrogens (tertiary/aromatic N) is 2. The normalized spacial score (nSPS) is 24.2. The first kappa shape index (κ1) is 24.8. The van der Waals surface area contributed by atoms with E-state index in [2.05, 4.69) is 17.9 Å². The Morgan fingerprint density at radius 2 is 1.79 bits per heavy atom. The van der Waals surface area contributed by atoms with Crippen LogP contribution >= 0.6 is 11.6 Å². The SMILES string of the molecule is COc1cc(C2(O)CC3CCC(C2)N3Cc2ccc(OCC(=O)N(C)C)c(C)c2C)ccc1Cl. The van der Waals surface area contributed by atoms with Crippen LogP contribution in [-0.2, 0) is 16.9 Å². The van der Waals surface area contributed by atoms with Gasteiger partial charge in [0.15, 0.2) is 6.61 Å². The second kappa shape index (κ2) is 9.76. The van der Waals surface area contributed by atoms with Gasteiger partial charge in [0.25, 0.3) is 5.91 Å². The molecule has 1 N–H and O–H groups in total. The van der Waals surface area contributed by atoms with Crippen LogP contribution in [0.5, 0.6) is 11.5 Å². The predicted molar refractivity (Wildman–Crippen MR) is 134 cm³/mol. The van der Waals surface area contributed by atoms with E-state index in [1.807, 2.05) is 31.2 Å². The number of methoxy groups -OCH3 is 1. The summed E-state index contributed by atoms with van der Waals surface area (Å²) in [6.07, 6.45) is 3.56. The Kier molecular flexibility index (Phi) is 7.13. The number of rotatable bonds is 7. The number of amides is 1. The molecule has 34 heavy (non-hydrogen) atoms. The summed E-state index contributed by atoms with van der Waals surface area (Å²) >= 11 is 6.21. The minimum atomic E-state index is -0.873. The van der Waals surface area contributed by atoms with Crippen molar-refractivity contribution in [3.05, 3.63) is 57.6 Å². The third-order valence-corrected chi connectivity index (χ3v) is 7.97. The number of carbonyl (C=O) groups excluding carboxylic acids is 1. The van der Waals surface area contributed by atoms with E-state index in [9.17, 15) is 9.90 Å². The molecule has 2 aliphatic heterocycles. The van der Waals surface area contributed by atoms with Crippen LogP contribution in [0.4, 0.5) is 0 Å². The van der Waals surface area contributed by atoms with Gasteiger partial charge >= 0.3 is 0 Å². The van der Waals surface area contributed by atoms with Crippen molar-refractivity contribution in [2.75, 3.05) is 27.8 Å². The Labute approximate surface area is 207 Å². The van der Waals surface area contributed by atoms with Gasteiger partial charge < -0.3 is 19.5 Å². The van der Waals surface area contributed by atoms with Crippen LogP contribution in [0.15, 0.2) is 30.3 Å². The first-order valence-electron chi connectivity index (χ1n) is 11.9. The van der Waals surface area contributed by atoms with Crippen molar-refractivity contribution in [3.8, 4) is 11.5 Å². The van der Waals surface area contributed by atoms with Gasteiger partial charge in [-0.2, -0.15) is 0 Å². The number of piperidine rings is 1. The van der Waals surface area contributed by atoms with Gasteiger partial charge in [0, 0.05) is 32.7 Å². The van der Waals surface area contributed by atoms with Crippen LogP contribution < -0.4 is 9.47 Å². The van der Waals surface area contributed by atoms with E-state index in [0.29, 0.717) is 35.7 Å². The van der Waals surface area contributed by atoms with Crippen molar-refractivity contribution in [2.45, 2.75) is 63.8 Å². The van der Waals surface area contributed by atoms with Gasteiger partial charge in [0.2, 0.25) is 0 Å². The van der Waals surface area contributed by atoms with Gasteiger partial charge in [-0.1, -0.05) is 23.7 Å². The highest BCUT2D eigenvalue weighted by Crippen LogP contribution is 2.47. The van der Waals surface area contributed by atoms with Crippen LogP contribution in [0.3, 0.4) is 0 Å². The molecule has 2 heterocycles. The number of likely N-dealkylation sites (N-methyl/N-ethyl adjacent to an activating group) is 1. The minimum absolute atomic E-state index is 0.0387. The zero-order chi connectivity index (χ0) is 24.6. The third kappa shape index (κ3) is 4.77. The van der Waals surface area contributed by atoms with Crippen molar-refractivity contribution >= 4 is 17.5 Å². The van der Waals surface area contributed by atoms with Crippen LogP contribution in [0, 0.1) is 13.8 Å². The van der Waals surface area contributed by atoms with Gasteiger partial charge in [-0.25, -0.2) is 0 Å². The second-order valence-corrected chi connectivity index (χ2v) is 10.3. The van der Waals surface area contributed by atoms with E-state index in [1.165, 1.54) is 16.0 Å². The minimum Gasteiger partial charge on any atom is -0.495 e. The lowest BCUT2D eigenvalue weighted by Gasteiger charge is -2.44. The fourth-order valence-corrected chi connectivity index (χ4v) is 5.60. The number of ether oxygens (including phenoxy) is 2. The molecule has 0 spiro atoms. The van der Waals surface area contributed by atoms with Crippen molar-refractivity contribution in [2.24, 2.45) is 0 Å². The van der Waals surface area contributed by atoms with Crippen molar-refractivity contribution in [3.63, 3.8) is 0 Å². The highest BCUT2D eigenvalue weighted by molar-refractivity contribution is 6.32. The van der Waals surface area contributed by atoms with E-state index in [4.69, 9.17) is 21.1 Å². The lowest BCUT2D eigenvalue weighted by molar-refractivity contribution is -0.130. The van der Waals surface area contributed by atoms with E-state index >= 15 is 0 Å². The zero-order valence-corrected chi connectivity index (χ0v) is 21.5. The van der Waals surface area contributed by atoms with Crippen molar-refractivity contribution in [1.82, 2.24) is 9.80 Å². The van der Waals surface area contributed by atoms with Crippen molar-refractivity contribution in [1.29, 1.82) is 0 Å². The molecule has 2 fully saturated rings. The molecular weight excluding hydrogens is 452 g/mol. The van der Waals surface area contributed by atoms with Crippen LogP contribution in [0.1, 0.15) is 47.9 Å². The number of aliphatic hydroxyl groups is 1. The molecule has 0 saturated carbocycles. The van der Waals surface area contributed by atoms with E-state index in [0.717, 1.165) is 36.3 Å². The molecule has 4 rings (SSSR count). The molecule has 2 aromatic rings. The highest BCUT2D eigenvalue weighted by Gasteiger charge is 2.48. The Hall–Kier alpha value is -2.28. The lowest BCUT2D eigenvalue weighted by Crippen LogP contribution is -2.49. The van der Waals surface area contributed by atoms with Crippen LogP contribution in [-0.4, -0.2) is 60.7 Å². The maximum Gasteiger partial charge on any atom is 0.259 e. The van der Waals surface area contributed by atoms with Gasteiger partial charge in [0.1, 0.15) is 11.5 Å². The molecule has 2 bridgehead atoms. The molecule has 7 heteroatoms. The molecular formula is C27H35ClN2O4. The molecule has 2 saturated heterocycles. The Balaban J connectivity index is 1.48. The lowest BCUT2D eigenvalue weighted by atomic mass is 9.80. The summed E-state index contributed by atoms with van der Waals surface area (Å²) in [5.41, 5.74) is 3.53. The average molecular weight is 487 g/mol. The highest BCUT2D eigenvalue weighted by atomic mass is 35.5. The number of halogens is 1. The maximum absolute atomic E-state index is 11.9. The molecule has 1 amide bonds. The van der Waals surface area contributed by atoms with Crippen molar-refractivity contribution < 1.29 is 19.4 Å². The second-order valence-electron chi connectivity index (χ2n) is 9.90. The largest absolute Gasteiger partial charge is 0.495 e. The summed E-state index contributed by atoms with van der Waals surface area (Å²) in [7, 11) is 5.05. The zero-order valence-electron chi connectivity index (χ0n) is 20.7. The first-order valence-corrected chi connectivity index (χ1v) is 12.2. The van der Waals surface area contributed by atoms with E-state index < -0.39 is 5.60 Å². The predicted octanol–water partition coefficient (Wildman–Crippen LogP) is 4.45. The monoisotopic (exact) mass is 486 g/mol. The topological polar surface area (TPSA) is 62.2 Å². The summed E-state index contributed by atoms with van der Waals surface area (Å²) in [5.74, 6) is 1.30. The van der Waals surface area contributed by atoms with Gasteiger partial charge in [0.05, 0.1) is 17.7 Å². The molecule has 0 aromatic heterocycles. The molecule has 0 aliphatic carbocycles. The summed E-state index contributed by atoms with van der Waals surface area (Å²) in [4.78, 5) is 16.0. The van der Waals surface area contributed by atoms with Crippen LogP contribution in [0.2, 0.25) is 5.02 Å². The fourth-order valence-electron chi connectivity index (χ4n) is 5.40. The molecule has 2 aliphatic rings. The quantitative estimate of drug-likeness (QED) is 0.626. The Morgan fingerprint density at radius 1 is 1.12 bits per heavy atom. The number of hydrogen-bond donors (Lipinski definition) is 1. The number of benzene rings is 2. The van der Waals surface area contributed by atoms with Gasteiger partial charge in [-0.15, -0.1) is 0 Å². The van der Waals surface area contributed by atoms with E-state index in [-0.39, 0.29) is 12.5 Å². The third-order valence-electron chi connectivity index (χ3n) is 7.66. The Morgan fingerprint density at radius 3 is 2.41 bits per heavy atom. The summed E-state index contributed by atoms with van der Waals surface area (Å²) in [6, 6.07) is 10.3. The van der Waals surface area contributed by atoms with Gasteiger partial charge in [-0.05, 0) is 80.0 Å². The van der Waals surface area contributed by atoms with Gasteiger partial charge in [-0.3, -0.25) is 9.69 Å². The Bertz CT molecular complexity index is 1060. The fraction of sp³-hybridized carbons (Fsp3) is 0.519. The molecule has 2 aromatic carbocycles. The van der Waals surface area contributed by atoms with E-state index in [1.54, 1.807) is 21.2 Å². The number of fused-ring (bicyclic) bond motifs is 2. The molecule has 0 radical (unpaired) electrons. The molecule has 6 nitrogen and oxygen atoms in total. The molecule has 184 valence electrons. The number of carbonyl (C=O) groups is 1. The summed E-state index contributed by atoms with van der Waals surface area (Å²) in [6.45, 7) is 5.05. The molecule has 2 unspecified atom stereocenters. The first-order chi connectivity index (χ1) is 16.1. The summed E-state index contributed by atoms with van der Waals surface area (Å²) < 4.78 is 11.2. The smallest absolute Gasteiger partial charge is 0.259 e. The standard InChI is InChI=1S/C27H35ClN2O4/c1-17-18(2)24(34-16-26(31)29(3)4)11-6-19(17)15-30-21-8-9-22(30)14-27(32,13-21)20-7-10-23(28)25(12-20)33-5/h6-7,10-12,21-22,32H,8-9,13-16H2,1-5H3. The maximum atomic E-state index is 11.9. The van der Waals surface area contributed by atoms with Crippen LogP contribution in [0.25, 0.3) is 0 Å². The number of hydrogen-bond acceptors (Lipinski definition) is 5.